The van der Waals surface area contributed by atoms with Gasteiger partial charge in [-0.2, -0.15) is 0 Å². The lowest BCUT2D eigenvalue weighted by molar-refractivity contribution is -0.143. The summed E-state index contributed by atoms with van der Waals surface area (Å²) in [5.74, 6) is -0.238. The number of nitrogens with zero attached hydrogens (tertiary/aromatic N) is 1. The summed E-state index contributed by atoms with van der Waals surface area (Å²) in [4.78, 5) is 13.2. The highest BCUT2D eigenvalue weighted by atomic mass is 16.4. The van der Waals surface area contributed by atoms with Gasteiger partial charge in [0.2, 0.25) is 0 Å². The number of aliphatic carboxylic acids is 1. The number of carbonyl (C=O) groups is 1. The van der Waals surface area contributed by atoms with Crippen LogP contribution in [0.1, 0.15) is 43.2 Å². The Morgan fingerprint density at radius 2 is 2.21 bits per heavy atom. The van der Waals surface area contributed by atoms with E-state index in [0.29, 0.717) is 12.3 Å². The molecule has 0 saturated heterocycles. The Morgan fingerprint density at radius 1 is 1.47 bits per heavy atom. The highest BCUT2D eigenvalue weighted by Crippen LogP contribution is 2.32. The van der Waals surface area contributed by atoms with Crippen LogP contribution < -0.4 is 0 Å². The summed E-state index contributed by atoms with van der Waals surface area (Å²) in [5, 5.41) is 9.23. The lowest BCUT2D eigenvalue weighted by Gasteiger charge is -2.31. The van der Waals surface area contributed by atoms with Gasteiger partial charge in [-0.3, -0.25) is 9.69 Å². The normalized spacial score (nSPS) is 20.1. The zero-order chi connectivity index (χ0) is 13.8. The number of hydrogen-bond donors (Lipinski definition) is 1. The van der Waals surface area contributed by atoms with Gasteiger partial charge >= 0.3 is 5.97 Å². The molecule has 2 atom stereocenters. The molecular weight excluding hydrogens is 238 g/mol. The largest absolute Gasteiger partial charge is 0.480 e. The van der Waals surface area contributed by atoms with Gasteiger partial charge in [-0.15, -0.1) is 0 Å². The summed E-state index contributed by atoms with van der Waals surface area (Å²) in [5.41, 5.74) is 2.86. The zero-order valence-electron chi connectivity index (χ0n) is 11.8. The van der Waals surface area contributed by atoms with Gasteiger partial charge < -0.3 is 5.11 Å². The molecule has 1 aromatic rings. The summed E-state index contributed by atoms with van der Waals surface area (Å²) in [6.07, 6.45) is 4.18. The van der Waals surface area contributed by atoms with E-state index >= 15 is 0 Å². The summed E-state index contributed by atoms with van der Waals surface area (Å²) in [6, 6.07) is 8.22. The van der Waals surface area contributed by atoms with Crippen molar-refractivity contribution >= 4 is 5.97 Å². The summed E-state index contributed by atoms with van der Waals surface area (Å²) >= 11 is 0. The van der Waals surface area contributed by atoms with E-state index in [0.717, 1.165) is 19.4 Å². The Kier molecular flexibility index (Phi) is 4.59. The number of hydrogen-bond acceptors (Lipinski definition) is 2. The van der Waals surface area contributed by atoms with E-state index in [4.69, 9.17) is 0 Å². The molecule has 0 aliphatic heterocycles. The van der Waals surface area contributed by atoms with E-state index in [9.17, 15) is 9.90 Å². The molecule has 1 aliphatic carbocycles. The van der Waals surface area contributed by atoms with Crippen LogP contribution in [-0.4, -0.2) is 35.6 Å². The molecule has 2 rings (SSSR count). The Bertz CT molecular complexity index is 444. The maximum absolute atomic E-state index is 11.2. The SMILES string of the molecule is CCC(C(=O)O)N(C)CC1CCCc2ccccc21. The first-order valence-electron chi connectivity index (χ1n) is 7.14. The lowest BCUT2D eigenvalue weighted by atomic mass is 9.82. The van der Waals surface area contributed by atoms with Crippen LogP contribution in [0.3, 0.4) is 0 Å². The molecule has 0 saturated carbocycles. The fraction of sp³-hybridized carbons (Fsp3) is 0.562. The highest BCUT2D eigenvalue weighted by molar-refractivity contribution is 5.73. The van der Waals surface area contributed by atoms with Crippen LogP contribution >= 0.6 is 0 Å². The third kappa shape index (κ3) is 3.16. The second-order valence-electron chi connectivity index (χ2n) is 5.49. The molecule has 1 N–H and O–H groups in total. The van der Waals surface area contributed by atoms with Gasteiger partial charge in [-0.05, 0) is 49.8 Å². The van der Waals surface area contributed by atoms with Crippen molar-refractivity contribution in [3.63, 3.8) is 0 Å². The number of benzene rings is 1. The molecule has 0 spiro atoms. The number of carboxylic acid groups (broad SMARTS) is 1. The van der Waals surface area contributed by atoms with E-state index in [1.807, 2.05) is 18.9 Å². The second-order valence-corrected chi connectivity index (χ2v) is 5.49. The standard InChI is InChI=1S/C16H23NO2/c1-3-15(16(18)19)17(2)11-13-9-6-8-12-7-4-5-10-14(12)13/h4-5,7,10,13,15H,3,6,8-9,11H2,1-2H3,(H,18,19). The van der Waals surface area contributed by atoms with E-state index in [1.165, 1.54) is 17.5 Å². The predicted molar refractivity (Wildman–Crippen MR) is 76.5 cm³/mol. The van der Waals surface area contributed by atoms with Crippen LogP contribution in [0, 0.1) is 0 Å². The molecule has 3 nitrogen and oxygen atoms in total. The third-order valence-corrected chi connectivity index (χ3v) is 4.21. The Hall–Kier alpha value is -1.35. The molecule has 0 radical (unpaired) electrons. The smallest absolute Gasteiger partial charge is 0.320 e. The highest BCUT2D eigenvalue weighted by Gasteiger charge is 2.26. The second kappa shape index (κ2) is 6.20. The molecule has 0 fully saturated rings. The molecule has 0 aromatic heterocycles. The third-order valence-electron chi connectivity index (χ3n) is 4.21. The van der Waals surface area contributed by atoms with E-state index in [2.05, 4.69) is 24.3 Å². The Morgan fingerprint density at radius 3 is 2.89 bits per heavy atom. The minimum Gasteiger partial charge on any atom is -0.480 e. The van der Waals surface area contributed by atoms with Gasteiger partial charge in [-0.25, -0.2) is 0 Å². The van der Waals surface area contributed by atoms with Crippen molar-refractivity contribution in [2.45, 2.75) is 44.6 Å². The summed E-state index contributed by atoms with van der Waals surface area (Å²) in [7, 11) is 1.93. The molecule has 104 valence electrons. The van der Waals surface area contributed by atoms with Crippen molar-refractivity contribution in [3.8, 4) is 0 Å². The number of aryl methyl sites for hydroxylation is 1. The first kappa shape index (κ1) is 14.1. The van der Waals surface area contributed by atoms with Crippen molar-refractivity contribution in [1.29, 1.82) is 0 Å². The van der Waals surface area contributed by atoms with Gasteiger partial charge in [0.15, 0.2) is 0 Å². The van der Waals surface area contributed by atoms with Crippen LogP contribution in [0.15, 0.2) is 24.3 Å². The first-order chi connectivity index (χ1) is 9.13. The molecule has 0 amide bonds. The summed E-state index contributed by atoms with van der Waals surface area (Å²) < 4.78 is 0. The molecular formula is C16H23NO2. The summed E-state index contributed by atoms with van der Waals surface area (Å²) in [6.45, 7) is 2.77. The fourth-order valence-corrected chi connectivity index (χ4v) is 3.19. The number of likely N-dealkylation sites (N-methyl/N-ethyl adjacent to an activating group) is 1. The van der Waals surface area contributed by atoms with E-state index in [-0.39, 0.29) is 6.04 Å². The van der Waals surface area contributed by atoms with Crippen molar-refractivity contribution in [1.82, 2.24) is 4.90 Å². The maximum atomic E-state index is 11.2. The number of fused-ring (bicyclic) bond motifs is 1. The quantitative estimate of drug-likeness (QED) is 0.886. The molecule has 1 aliphatic rings. The Balaban J connectivity index is 2.10. The van der Waals surface area contributed by atoms with Crippen molar-refractivity contribution < 1.29 is 9.90 Å². The minimum atomic E-state index is -0.714. The molecule has 0 bridgehead atoms. The topological polar surface area (TPSA) is 40.5 Å². The number of rotatable bonds is 5. The van der Waals surface area contributed by atoms with Crippen molar-refractivity contribution in [2.75, 3.05) is 13.6 Å². The molecule has 1 aromatic carbocycles. The molecule has 2 unspecified atom stereocenters. The average molecular weight is 261 g/mol. The van der Waals surface area contributed by atoms with Gasteiger partial charge in [0, 0.05) is 6.54 Å². The molecule has 0 heterocycles. The van der Waals surface area contributed by atoms with Crippen LogP contribution in [-0.2, 0) is 11.2 Å². The van der Waals surface area contributed by atoms with Crippen molar-refractivity contribution in [3.05, 3.63) is 35.4 Å². The van der Waals surface area contributed by atoms with Gasteiger partial charge in [0.1, 0.15) is 6.04 Å². The van der Waals surface area contributed by atoms with Gasteiger partial charge in [-0.1, -0.05) is 31.2 Å². The number of carboxylic acids is 1. The lowest BCUT2D eigenvalue weighted by Crippen LogP contribution is -2.40. The van der Waals surface area contributed by atoms with Crippen LogP contribution in [0.2, 0.25) is 0 Å². The molecule has 19 heavy (non-hydrogen) atoms. The maximum Gasteiger partial charge on any atom is 0.320 e. The first-order valence-corrected chi connectivity index (χ1v) is 7.14. The fourth-order valence-electron chi connectivity index (χ4n) is 3.19. The Labute approximate surface area is 115 Å². The zero-order valence-corrected chi connectivity index (χ0v) is 11.8. The van der Waals surface area contributed by atoms with E-state index in [1.54, 1.807) is 0 Å². The van der Waals surface area contributed by atoms with Gasteiger partial charge in [0.05, 0.1) is 0 Å². The monoisotopic (exact) mass is 261 g/mol. The average Bonchev–Trinajstić information content (AvgIpc) is 2.39. The van der Waals surface area contributed by atoms with Crippen LogP contribution in [0.25, 0.3) is 0 Å². The van der Waals surface area contributed by atoms with Crippen molar-refractivity contribution in [2.24, 2.45) is 0 Å². The van der Waals surface area contributed by atoms with Crippen LogP contribution in [0.4, 0.5) is 0 Å². The minimum absolute atomic E-state index is 0.367. The van der Waals surface area contributed by atoms with Crippen LogP contribution in [0.5, 0.6) is 0 Å². The van der Waals surface area contributed by atoms with Gasteiger partial charge in [0.25, 0.3) is 0 Å². The molecule has 3 heteroatoms. The van der Waals surface area contributed by atoms with E-state index < -0.39 is 5.97 Å². The predicted octanol–water partition coefficient (Wildman–Crippen LogP) is 2.90.